The fraction of sp³-hybridized carbons (Fsp3) is 0.423. The molecule has 2 N–H and O–H groups in total. The number of likely N-dealkylation sites (tertiary alicyclic amines) is 1. The van der Waals surface area contributed by atoms with Crippen LogP contribution in [0.25, 0.3) is 10.9 Å². The molecule has 5 rings (SSSR count). The van der Waals surface area contributed by atoms with Crippen LogP contribution in [0.4, 0.5) is 17.6 Å². The molecule has 0 amide bonds. The van der Waals surface area contributed by atoms with Crippen LogP contribution in [0.3, 0.4) is 0 Å². The summed E-state index contributed by atoms with van der Waals surface area (Å²) in [7, 11) is 1.57. The smallest absolute Gasteiger partial charge is 0.335 e. The minimum Gasteiger partial charge on any atom is -0.496 e. The molecule has 0 unspecified atom stereocenters. The van der Waals surface area contributed by atoms with Gasteiger partial charge in [0.25, 0.3) is 6.43 Å². The number of benzene rings is 2. The molecule has 1 aromatic heterocycles. The van der Waals surface area contributed by atoms with E-state index < -0.39 is 29.8 Å². The van der Waals surface area contributed by atoms with Crippen LogP contribution >= 0.6 is 0 Å². The second-order valence-corrected chi connectivity index (χ2v) is 9.78. The number of carboxylic acid groups (broad SMARTS) is 1. The van der Waals surface area contributed by atoms with Crippen molar-refractivity contribution >= 4 is 16.9 Å². The van der Waals surface area contributed by atoms with Gasteiger partial charge in [0.2, 0.25) is 5.92 Å². The fourth-order valence-corrected chi connectivity index (χ4v) is 5.97. The Morgan fingerprint density at radius 1 is 1.23 bits per heavy atom. The van der Waals surface area contributed by atoms with Crippen molar-refractivity contribution in [2.45, 2.75) is 50.6 Å². The highest BCUT2D eigenvalue weighted by Gasteiger charge is 2.58. The Morgan fingerprint density at radius 2 is 2.00 bits per heavy atom. The Bertz CT molecular complexity index is 1260. The molecule has 2 heterocycles. The molecule has 35 heavy (non-hydrogen) atoms. The zero-order chi connectivity index (χ0) is 25.0. The lowest BCUT2D eigenvalue weighted by Gasteiger charge is -2.55. The Morgan fingerprint density at radius 3 is 2.66 bits per heavy atom. The Labute approximate surface area is 199 Å². The topological polar surface area (TPSA) is 65.6 Å². The van der Waals surface area contributed by atoms with E-state index in [0.29, 0.717) is 37.2 Å². The predicted octanol–water partition coefficient (Wildman–Crippen LogP) is 6.56. The molecule has 5 nitrogen and oxygen atoms in total. The lowest BCUT2D eigenvalue weighted by molar-refractivity contribution is -0.186. The number of methoxy groups -OCH3 is 1. The van der Waals surface area contributed by atoms with Gasteiger partial charge in [-0.1, -0.05) is 6.07 Å². The molecule has 1 aliphatic heterocycles. The molecule has 9 heteroatoms. The Kier molecular flexibility index (Phi) is 5.78. The van der Waals surface area contributed by atoms with Gasteiger partial charge in [-0.2, -0.15) is 0 Å². The molecule has 3 aromatic rings. The SMILES string of the molecule is COc1ccc2[nH]ccc2c1CN1CCC2(C[C@H]1c1ccc(C(=O)O)cc1C(F)F)CC(F)(F)C2. The van der Waals surface area contributed by atoms with E-state index in [2.05, 4.69) is 4.98 Å². The van der Waals surface area contributed by atoms with Gasteiger partial charge in [-0.05, 0) is 60.7 Å². The maximum Gasteiger partial charge on any atom is 0.335 e. The molecular weight excluding hydrogens is 464 g/mol. The van der Waals surface area contributed by atoms with Crippen LogP contribution in [-0.4, -0.2) is 40.5 Å². The van der Waals surface area contributed by atoms with Crippen molar-refractivity contribution in [3.63, 3.8) is 0 Å². The summed E-state index contributed by atoms with van der Waals surface area (Å²) in [4.78, 5) is 16.6. The number of rotatable bonds is 6. The number of nitrogens with zero attached hydrogens (tertiary/aromatic N) is 1. The summed E-state index contributed by atoms with van der Waals surface area (Å²) in [6.45, 7) is 0.826. The van der Waals surface area contributed by atoms with Gasteiger partial charge in [-0.15, -0.1) is 0 Å². The van der Waals surface area contributed by atoms with Crippen LogP contribution in [0.5, 0.6) is 5.75 Å². The van der Waals surface area contributed by atoms with Crippen molar-refractivity contribution in [1.82, 2.24) is 9.88 Å². The van der Waals surface area contributed by atoms with E-state index in [-0.39, 0.29) is 24.0 Å². The number of carbonyl (C=O) groups is 1. The van der Waals surface area contributed by atoms with Crippen LogP contribution in [0.1, 0.15) is 65.2 Å². The second-order valence-electron chi connectivity index (χ2n) is 9.78. The Hall–Kier alpha value is -3.07. The average Bonchev–Trinajstić information content (AvgIpc) is 3.28. The first-order chi connectivity index (χ1) is 16.6. The number of nitrogens with one attached hydrogen (secondary N) is 1. The molecule has 1 saturated carbocycles. The standard InChI is InChI=1S/C26H26F4N2O3/c1-35-22-5-4-20-16(6-8-31-20)19(22)12-32-9-7-25(13-26(29,30)14-25)11-21(32)17-3-2-15(24(33)34)10-18(17)23(27)28/h2-6,8,10,21,23,31H,7,9,11-14H2,1H3,(H,33,34)/t21-/m0/s1. The number of ether oxygens (including phenoxy) is 1. The van der Waals surface area contributed by atoms with Crippen LogP contribution in [0, 0.1) is 5.41 Å². The summed E-state index contributed by atoms with van der Waals surface area (Å²) in [6, 6.07) is 8.84. The molecule has 0 radical (unpaired) electrons. The predicted molar refractivity (Wildman–Crippen MR) is 122 cm³/mol. The van der Waals surface area contributed by atoms with Crippen LogP contribution in [-0.2, 0) is 6.54 Å². The van der Waals surface area contributed by atoms with Crippen molar-refractivity contribution in [2.75, 3.05) is 13.7 Å². The largest absolute Gasteiger partial charge is 0.496 e. The summed E-state index contributed by atoms with van der Waals surface area (Å²) in [5.41, 5.74) is 0.875. The summed E-state index contributed by atoms with van der Waals surface area (Å²) in [5.74, 6) is -3.37. The van der Waals surface area contributed by atoms with Crippen molar-refractivity contribution in [2.24, 2.45) is 5.41 Å². The molecule has 2 fully saturated rings. The number of H-pyrrole nitrogens is 1. The number of aromatic amines is 1. The lowest BCUT2D eigenvalue weighted by atomic mass is 9.58. The zero-order valence-corrected chi connectivity index (χ0v) is 19.2. The van der Waals surface area contributed by atoms with Gasteiger partial charge >= 0.3 is 5.97 Å². The van der Waals surface area contributed by atoms with Crippen molar-refractivity contribution in [1.29, 1.82) is 0 Å². The summed E-state index contributed by atoms with van der Waals surface area (Å²) < 4.78 is 61.6. The highest BCUT2D eigenvalue weighted by Crippen LogP contribution is 2.61. The maximum absolute atomic E-state index is 14.1. The van der Waals surface area contributed by atoms with E-state index in [4.69, 9.17) is 4.74 Å². The number of aromatic carboxylic acids is 1. The van der Waals surface area contributed by atoms with E-state index >= 15 is 0 Å². The highest BCUT2D eigenvalue weighted by molar-refractivity contribution is 5.88. The van der Waals surface area contributed by atoms with E-state index in [1.54, 1.807) is 7.11 Å². The van der Waals surface area contributed by atoms with Gasteiger partial charge in [0.15, 0.2) is 0 Å². The van der Waals surface area contributed by atoms with Crippen molar-refractivity contribution in [3.05, 3.63) is 64.8 Å². The zero-order valence-electron chi connectivity index (χ0n) is 19.2. The van der Waals surface area contributed by atoms with Gasteiger partial charge in [0.05, 0.1) is 12.7 Å². The van der Waals surface area contributed by atoms with Gasteiger partial charge in [-0.3, -0.25) is 4.90 Å². The number of halogens is 4. The summed E-state index contributed by atoms with van der Waals surface area (Å²) in [5, 5.41) is 10.2. The number of aromatic nitrogens is 1. The number of piperidine rings is 1. The molecule has 1 atom stereocenters. The summed E-state index contributed by atoms with van der Waals surface area (Å²) >= 11 is 0. The van der Waals surface area contributed by atoms with E-state index in [1.165, 1.54) is 12.1 Å². The number of fused-ring (bicyclic) bond motifs is 1. The fourth-order valence-electron chi connectivity index (χ4n) is 5.97. The Balaban J connectivity index is 1.57. The third-order valence-corrected chi connectivity index (χ3v) is 7.58. The van der Waals surface area contributed by atoms with Crippen LogP contribution < -0.4 is 4.74 Å². The quantitative estimate of drug-likeness (QED) is 0.384. The molecule has 0 bridgehead atoms. The monoisotopic (exact) mass is 490 g/mol. The van der Waals surface area contributed by atoms with Gasteiger partial charge in [0.1, 0.15) is 5.75 Å². The minimum absolute atomic E-state index is 0.227. The first-order valence-electron chi connectivity index (χ1n) is 11.5. The average molecular weight is 490 g/mol. The summed E-state index contributed by atoms with van der Waals surface area (Å²) in [6.07, 6.45) is -0.737. The molecule has 2 aliphatic rings. The molecule has 1 spiro atoms. The number of hydrogen-bond acceptors (Lipinski definition) is 3. The van der Waals surface area contributed by atoms with Crippen molar-refractivity contribution < 1.29 is 32.2 Å². The maximum atomic E-state index is 14.1. The number of alkyl halides is 4. The minimum atomic E-state index is -2.89. The van der Waals surface area contributed by atoms with Crippen LogP contribution in [0.15, 0.2) is 42.6 Å². The van der Waals surface area contributed by atoms with Crippen LogP contribution in [0.2, 0.25) is 0 Å². The molecule has 1 aliphatic carbocycles. The number of carboxylic acids is 1. The third-order valence-electron chi connectivity index (χ3n) is 7.58. The lowest BCUT2D eigenvalue weighted by Crippen LogP contribution is -2.53. The first-order valence-corrected chi connectivity index (χ1v) is 11.5. The molecular formula is C26H26F4N2O3. The number of hydrogen-bond donors (Lipinski definition) is 2. The molecule has 186 valence electrons. The first kappa shape index (κ1) is 23.7. The molecule has 1 saturated heterocycles. The molecule has 2 aromatic carbocycles. The van der Waals surface area contributed by atoms with E-state index in [9.17, 15) is 27.5 Å². The highest BCUT2D eigenvalue weighted by atomic mass is 19.3. The van der Waals surface area contributed by atoms with Crippen molar-refractivity contribution in [3.8, 4) is 5.75 Å². The normalized spacial score (nSPS) is 21.4. The van der Waals surface area contributed by atoms with Gasteiger partial charge < -0.3 is 14.8 Å². The van der Waals surface area contributed by atoms with E-state index in [1.807, 2.05) is 29.3 Å². The van der Waals surface area contributed by atoms with E-state index in [0.717, 1.165) is 22.5 Å². The third kappa shape index (κ3) is 4.26. The second kappa shape index (κ2) is 8.55. The van der Waals surface area contributed by atoms with Gasteiger partial charge in [0, 0.05) is 53.7 Å². The van der Waals surface area contributed by atoms with Gasteiger partial charge in [-0.25, -0.2) is 22.4 Å².